The van der Waals surface area contributed by atoms with Crippen molar-refractivity contribution in [2.75, 3.05) is 0 Å². The van der Waals surface area contributed by atoms with Crippen LogP contribution in [0.3, 0.4) is 0 Å². The van der Waals surface area contributed by atoms with E-state index in [0.29, 0.717) is 11.6 Å². The van der Waals surface area contributed by atoms with Gasteiger partial charge in [0, 0.05) is 11.8 Å². The molecule has 1 rings (SSSR count). The van der Waals surface area contributed by atoms with Crippen molar-refractivity contribution in [1.29, 1.82) is 0 Å². The topological polar surface area (TPSA) is 22.1 Å². The van der Waals surface area contributed by atoms with E-state index in [1.807, 2.05) is 0 Å². The zero-order valence-corrected chi connectivity index (χ0v) is 14.3. The molecule has 0 aliphatic rings. The zero-order chi connectivity index (χ0) is 13.3. The van der Waals surface area contributed by atoms with Crippen LogP contribution < -0.4 is 0 Å². The molecule has 5 heteroatoms. The molecular formula is C12H19BrClNOSi. The van der Waals surface area contributed by atoms with Crippen LogP contribution in [0.4, 0.5) is 0 Å². The minimum atomic E-state index is -1.74. The van der Waals surface area contributed by atoms with E-state index in [2.05, 4.69) is 54.8 Å². The van der Waals surface area contributed by atoms with E-state index in [-0.39, 0.29) is 5.04 Å². The highest BCUT2D eigenvalue weighted by Gasteiger charge is 2.37. The van der Waals surface area contributed by atoms with Gasteiger partial charge in [-0.25, -0.2) is 4.98 Å². The van der Waals surface area contributed by atoms with Gasteiger partial charge in [-0.2, -0.15) is 0 Å². The molecule has 1 heterocycles. The van der Waals surface area contributed by atoms with E-state index in [4.69, 9.17) is 16.0 Å². The van der Waals surface area contributed by atoms with Gasteiger partial charge in [0.15, 0.2) is 8.32 Å². The maximum Gasteiger partial charge on any atom is 0.192 e. The second-order valence-corrected chi connectivity index (χ2v) is 11.6. The lowest BCUT2D eigenvalue weighted by molar-refractivity contribution is 0.275. The van der Waals surface area contributed by atoms with E-state index in [1.54, 1.807) is 12.3 Å². The summed E-state index contributed by atoms with van der Waals surface area (Å²) in [5.74, 6) is 0. The van der Waals surface area contributed by atoms with Crippen LogP contribution in [-0.4, -0.2) is 13.3 Å². The van der Waals surface area contributed by atoms with Crippen LogP contribution in [0.25, 0.3) is 0 Å². The third-order valence-corrected chi connectivity index (χ3v) is 8.85. The van der Waals surface area contributed by atoms with E-state index in [9.17, 15) is 0 Å². The van der Waals surface area contributed by atoms with Gasteiger partial charge in [-0.3, -0.25) is 0 Å². The average Bonchev–Trinajstić information content (AvgIpc) is 2.15. The third kappa shape index (κ3) is 3.78. The second kappa shape index (κ2) is 5.39. The summed E-state index contributed by atoms with van der Waals surface area (Å²) in [6.45, 7) is 11.6. The molecule has 0 bridgehead atoms. The Morgan fingerprint density at radius 3 is 2.47 bits per heavy atom. The first-order valence-electron chi connectivity index (χ1n) is 5.58. The molecule has 0 aliphatic carbocycles. The number of hydrogen-bond donors (Lipinski definition) is 0. The molecular weight excluding hydrogens is 318 g/mol. The summed E-state index contributed by atoms with van der Waals surface area (Å²) in [7, 11) is -1.74. The fraction of sp³-hybridized carbons (Fsp3) is 0.583. The molecule has 0 radical (unpaired) electrons. The molecule has 1 aromatic heterocycles. The Kier molecular flexibility index (Phi) is 4.80. The van der Waals surface area contributed by atoms with Crippen molar-refractivity contribution in [3.05, 3.63) is 27.5 Å². The van der Waals surface area contributed by atoms with Crippen molar-refractivity contribution in [3.8, 4) is 0 Å². The molecule has 0 saturated heterocycles. The van der Waals surface area contributed by atoms with Gasteiger partial charge >= 0.3 is 0 Å². The van der Waals surface area contributed by atoms with Gasteiger partial charge in [0.05, 0.1) is 11.6 Å². The van der Waals surface area contributed by atoms with Crippen LogP contribution in [0.2, 0.25) is 23.2 Å². The van der Waals surface area contributed by atoms with Crippen LogP contribution >= 0.6 is 27.5 Å². The lowest BCUT2D eigenvalue weighted by atomic mass is 10.2. The monoisotopic (exact) mass is 335 g/mol. The first-order chi connectivity index (χ1) is 7.65. The molecule has 0 fully saturated rings. The molecule has 0 aromatic carbocycles. The number of rotatable bonds is 3. The van der Waals surface area contributed by atoms with E-state index in [1.165, 1.54) is 0 Å². The van der Waals surface area contributed by atoms with E-state index >= 15 is 0 Å². The van der Waals surface area contributed by atoms with Crippen molar-refractivity contribution in [3.63, 3.8) is 0 Å². The number of nitrogens with zero attached hydrogens (tertiary/aromatic N) is 1. The van der Waals surface area contributed by atoms with Gasteiger partial charge in [0.2, 0.25) is 0 Å². The summed E-state index contributed by atoms with van der Waals surface area (Å²) < 4.78 is 6.89. The highest BCUT2D eigenvalue weighted by Crippen LogP contribution is 2.37. The summed E-state index contributed by atoms with van der Waals surface area (Å²) in [5, 5.41) is 0.902. The summed E-state index contributed by atoms with van der Waals surface area (Å²) in [6, 6.07) is 1.79. The van der Waals surface area contributed by atoms with Crippen molar-refractivity contribution >= 4 is 35.8 Å². The van der Waals surface area contributed by atoms with Crippen LogP contribution in [0.5, 0.6) is 0 Å². The van der Waals surface area contributed by atoms with Gasteiger partial charge in [0.1, 0.15) is 4.60 Å². The minimum absolute atomic E-state index is 0.203. The maximum atomic E-state index is 6.14. The lowest BCUT2D eigenvalue weighted by Gasteiger charge is -2.36. The molecule has 2 nitrogen and oxygen atoms in total. The molecule has 0 N–H and O–H groups in total. The third-order valence-electron chi connectivity index (χ3n) is 3.33. The number of halogens is 2. The van der Waals surface area contributed by atoms with Gasteiger partial charge < -0.3 is 4.43 Å². The molecule has 0 spiro atoms. The average molecular weight is 337 g/mol. The molecule has 0 saturated carbocycles. The Morgan fingerprint density at radius 2 is 2.00 bits per heavy atom. The van der Waals surface area contributed by atoms with Gasteiger partial charge in [-0.1, -0.05) is 32.4 Å². The maximum absolute atomic E-state index is 6.14. The van der Waals surface area contributed by atoms with Gasteiger partial charge in [0.25, 0.3) is 0 Å². The first-order valence-corrected chi connectivity index (χ1v) is 9.66. The van der Waals surface area contributed by atoms with Crippen molar-refractivity contribution in [1.82, 2.24) is 4.98 Å². The second-order valence-electron chi connectivity index (χ2n) is 5.61. The molecule has 96 valence electrons. The van der Waals surface area contributed by atoms with Crippen LogP contribution in [0, 0.1) is 0 Å². The van der Waals surface area contributed by atoms with Crippen LogP contribution in [0.15, 0.2) is 16.9 Å². The first kappa shape index (κ1) is 15.2. The predicted octanol–water partition coefficient (Wildman–Crippen LogP) is 5.02. The standard InChI is InChI=1S/C12H19BrClNOSi/c1-12(2,3)17(4,5)16-8-9-10(14)6-7-15-11(9)13/h6-7H,8H2,1-5H3. The fourth-order valence-corrected chi connectivity index (χ4v) is 2.74. The van der Waals surface area contributed by atoms with Crippen molar-refractivity contribution < 1.29 is 4.43 Å². The quantitative estimate of drug-likeness (QED) is 0.571. The molecule has 0 unspecified atom stereocenters. The summed E-state index contributed by atoms with van der Waals surface area (Å²) in [5.41, 5.74) is 0.930. The minimum Gasteiger partial charge on any atom is -0.412 e. The number of aromatic nitrogens is 1. The molecule has 0 atom stereocenters. The number of pyridine rings is 1. The largest absolute Gasteiger partial charge is 0.412 e. The zero-order valence-electron chi connectivity index (χ0n) is 11.0. The Balaban J connectivity index is 2.81. The Bertz CT molecular complexity index is 384. The van der Waals surface area contributed by atoms with Crippen LogP contribution in [-0.2, 0) is 11.0 Å². The summed E-state index contributed by atoms with van der Waals surface area (Å²) in [6.07, 6.45) is 1.68. The Morgan fingerprint density at radius 1 is 1.41 bits per heavy atom. The van der Waals surface area contributed by atoms with Gasteiger partial charge in [-0.15, -0.1) is 0 Å². The van der Waals surface area contributed by atoms with Gasteiger partial charge in [-0.05, 0) is 40.1 Å². The summed E-state index contributed by atoms with van der Waals surface area (Å²) >= 11 is 9.54. The summed E-state index contributed by atoms with van der Waals surface area (Å²) in [4.78, 5) is 4.17. The molecule has 0 aliphatic heterocycles. The normalized spacial score (nSPS) is 12.9. The van der Waals surface area contributed by atoms with Crippen molar-refractivity contribution in [2.24, 2.45) is 0 Å². The Hall–Kier alpha value is 0.0969. The van der Waals surface area contributed by atoms with E-state index < -0.39 is 8.32 Å². The van der Waals surface area contributed by atoms with Crippen LogP contribution in [0.1, 0.15) is 26.3 Å². The lowest BCUT2D eigenvalue weighted by Crippen LogP contribution is -2.40. The van der Waals surface area contributed by atoms with Crippen molar-refractivity contribution in [2.45, 2.75) is 45.5 Å². The van der Waals surface area contributed by atoms with E-state index in [0.717, 1.165) is 10.2 Å². The highest BCUT2D eigenvalue weighted by molar-refractivity contribution is 9.10. The Labute approximate surface area is 118 Å². The molecule has 1 aromatic rings. The predicted molar refractivity (Wildman–Crippen MR) is 78.9 cm³/mol. The molecule has 0 amide bonds. The highest BCUT2D eigenvalue weighted by atomic mass is 79.9. The SMILES string of the molecule is CC(C)(C)[Si](C)(C)OCc1c(Cl)ccnc1Br. The number of hydrogen-bond acceptors (Lipinski definition) is 2. The molecule has 17 heavy (non-hydrogen) atoms. The fourth-order valence-electron chi connectivity index (χ4n) is 1.04. The smallest absolute Gasteiger partial charge is 0.192 e.